The summed E-state index contributed by atoms with van der Waals surface area (Å²) in [6, 6.07) is 3.91. The topological polar surface area (TPSA) is 50.7 Å². The molecule has 0 aliphatic carbocycles. The zero-order valence-electron chi connectivity index (χ0n) is 8.11. The minimum Gasteiger partial charge on any atom is -0.452 e. The summed E-state index contributed by atoms with van der Waals surface area (Å²) in [7, 11) is 1.31. The fraction of sp³-hybridized carbons (Fsp3) is 0.333. The maximum Gasteiger partial charge on any atom is 0.427 e. The maximum absolute atomic E-state index is 10.8. The van der Waals surface area contributed by atoms with Crippen LogP contribution in [-0.2, 0) is 4.74 Å². The van der Waals surface area contributed by atoms with Crippen molar-refractivity contribution in [2.45, 2.75) is 13.3 Å². The standard InChI is InChI=1S/C9H12N2O2S/c1-3-7(8-5-4-6-14-8)10-11-9(12)13-2/h4-6H,3H2,1-2H3,(H,11,12)/b10-7-. The molecule has 0 saturated carbocycles. The summed E-state index contributed by atoms with van der Waals surface area (Å²) < 4.78 is 4.41. The molecule has 0 unspecified atom stereocenters. The molecule has 76 valence electrons. The predicted octanol–water partition coefficient (Wildman–Crippen LogP) is 2.22. The summed E-state index contributed by atoms with van der Waals surface area (Å²) in [6.45, 7) is 1.98. The van der Waals surface area contributed by atoms with Gasteiger partial charge in [-0.1, -0.05) is 13.0 Å². The Morgan fingerprint density at radius 1 is 1.71 bits per heavy atom. The van der Waals surface area contributed by atoms with E-state index in [0.29, 0.717) is 0 Å². The highest BCUT2D eigenvalue weighted by Crippen LogP contribution is 2.11. The quantitative estimate of drug-likeness (QED) is 0.617. The molecule has 0 atom stereocenters. The van der Waals surface area contributed by atoms with Crippen molar-refractivity contribution in [1.29, 1.82) is 0 Å². The molecule has 1 heterocycles. The van der Waals surface area contributed by atoms with Crippen molar-refractivity contribution in [3.8, 4) is 0 Å². The minimum atomic E-state index is -0.549. The molecule has 1 rings (SSSR count). The van der Waals surface area contributed by atoms with Crippen molar-refractivity contribution in [1.82, 2.24) is 5.43 Å². The van der Waals surface area contributed by atoms with E-state index < -0.39 is 6.09 Å². The zero-order chi connectivity index (χ0) is 10.4. The van der Waals surface area contributed by atoms with Gasteiger partial charge in [0.05, 0.1) is 17.7 Å². The second kappa shape index (κ2) is 5.39. The molecule has 4 nitrogen and oxygen atoms in total. The van der Waals surface area contributed by atoms with Crippen LogP contribution in [0.2, 0.25) is 0 Å². The zero-order valence-corrected chi connectivity index (χ0v) is 8.93. The van der Waals surface area contributed by atoms with Gasteiger partial charge in [-0.3, -0.25) is 0 Å². The van der Waals surface area contributed by atoms with Gasteiger partial charge in [0.25, 0.3) is 0 Å². The Labute approximate surface area is 86.6 Å². The third-order valence-electron chi connectivity index (χ3n) is 1.61. The lowest BCUT2D eigenvalue weighted by atomic mass is 10.2. The summed E-state index contributed by atoms with van der Waals surface area (Å²) in [5, 5.41) is 5.93. The van der Waals surface area contributed by atoms with E-state index in [1.54, 1.807) is 11.3 Å². The van der Waals surface area contributed by atoms with E-state index in [-0.39, 0.29) is 0 Å². The number of hydrogen-bond donors (Lipinski definition) is 1. The van der Waals surface area contributed by atoms with Crippen LogP contribution in [0, 0.1) is 0 Å². The summed E-state index contributed by atoms with van der Waals surface area (Å²) in [4.78, 5) is 11.8. The van der Waals surface area contributed by atoms with Crippen LogP contribution >= 0.6 is 11.3 Å². The molecule has 0 aliphatic heterocycles. The Kier molecular flexibility index (Phi) is 4.12. The third kappa shape index (κ3) is 2.85. The number of rotatable bonds is 3. The summed E-state index contributed by atoms with van der Waals surface area (Å²) in [5.74, 6) is 0. The van der Waals surface area contributed by atoms with Crippen molar-refractivity contribution in [3.05, 3.63) is 22.4 Å². The Hall–Kier alpha value is -1.36. The molecule has 1 amide bonds. The van der Waals surface area contributed by atoms with Gasteiger partial charge in [0.1, 0.15) is 0 Å². The second-order valence-electron chi connectivity index (χ2n) is 2.49. The Bertz CT molecular complexity index is 320. The van der Waals surface area contributed by atoms with Crippen LogP contribution < -0.4 is 5.43 Å². The van der Waals surface area contributed by atoms with Crippen LogP contribution in [0.4, 0.5) is 4.79 Å². The Morgan fingerprint density at radius 3 is 3.00 bits per heavy atom. The first-order valence-electron chi connectivity index (χ1n) is 4.22. The molecular weight excluding hydrogens is 200 g/mol. The van der Waals surface area contributed by atoms with Gasteiger partial charge in [-0.25, -0.2) is 10.2 Å². The predicted molar refractivity (Wildman–Crippen MR) is 56.7 cm³/mol. The van der Waals surface area contributed by atoms with E-state index in [4.69, 9.17) is 0 Å². The molecule has 5 heteroatoms. The third-order valence-corrected chi connectivity index (χ3v) is 2.53. The first kappa shape index (κ1) is 10.7. The monoisotopic (exact) mass is 212 g/mol. The molecule has 0 aliphatic rings. The second-order valence-corrected chi connectivity index (χ2v) is 3.44. The Morgan fingerprint density at radius 2 is 2.50 bits per heavy atom. The number of nitrogens with one attached hydrogen (secondary N) is 1. The molecule has 0 aromatic carbocycles. The van der Waals surface area contributed by atoms with Gasteiger partial charge < -0.3 is 4.74 Å². The smallest absolute Gasteiger partial charge is 0.427 e. The first-order chi connectivity index (χ1) is 6.77. The molecule has 0 radical (unpaired) electrons. The molecule has 0 saturated heterocycles. The Balaban J connectivity index is 2.67. The van der Waals surface area contributed by atoms with Crippen LogP contribution in [0.5, 0.6) is 0 Å². The van der Waals surface area contributed by atoms with Crippen LogP contribution in [0.3, 0.4) is 0 Å². The van der Waals surface area contributed by atoms with Crippen LogP contribution in [0.1, 0.15) is 18.2 Å². The highest BCUT2D eigenvalue weighted by molar-refractivity contribution is 7.12. The summed E-state index contributed by atoms with van der Waals surface area (Å²) in [6.07, 6.45) is 0.220. The van der Waals surface area contributed by atoms with Crippen LogP contribution in [0.15, 0.2) is 22.6 Å². The van der Waals surface area contributed by atoms with Gasteiger partial charge in [0.15, 0.2) is 0 Å². The molecule has 14 heavy (non-hydrogen) atoms. The van der Waals surface area contributed by atoms with Crippen LogP contribution in [-0.4, -0.2) is 18.9 Å². The van der Waals surface area contributed by atoms with E-state index in [1.807, 2.05) is 24.4 Å². The number of carbonyl (C=O) groups excluding carboxylic acids is 1. The number of nitrogens with zero attached hydrogens (tertiary/aromatic N) is 1. The first-order valence-corrected chi connectivity index (χ1v) is 5.10. The van der Waals surface area contributed by atoms with Crippen molar-refractivity contribution in [2.75, 3.05) is 7.11 Å². The fourth-order valence-corrected chi connectivity index (χ4v) is 1.70. The number of amides is 1. The molecular formula is C9H12N2O2S. The number of carbonyl (C=O) groups is 1. The molecule has 1 aromatic rings. The van der Waals surface area contributed by atoms with Gasteiger partial charge in [-0.15, -0.1) is 11.3 Å². The lowest BCUT2D eigenvalue weighted by Crippen LogP contribution is -2.19. The highest BCUT2D eigenvalue weighted by Gasteiger charge is 2.03. The molecule has 1 aromatic heterocycles. The van der Waals surface area contributed by atoms with E-state index >= 15 is 0 Å². The maximum atomic E-state index is 10.8. The van der Waals surface area contributed by atoms with Gasteiger partial charge in [-0.2, -0.15) is 5.10 Å². The number of methoxy groups -OCH3 is 1. The summed E-state index contributed by atoms with van der Waals surface area (Å²) in [5.41, 5.74) is 3.16. The van der Waals surface area contributed by atoms with Crippen LogP contribution in [0.25, 0.3) is 0 Å². The van der Waals surface area contributed by atoms with Gasteiger partial charge >= 0.3 is 6.09 Å². The molecule has 0 fully saturated rings. The molecule has 1 N–H and O–H groups in total. The lowest BCUT2D eigenvalue weighted by molar-refractivity contribution is 0.171. The fourth-order valence-electron chi connectivity index (χ4n) is 0.910. The molecule has 0 spiro atoms. The van der Waals surface area contributed by atoms with Crippen molar-refractivity contribution in [2.24, 2.45) is 5.10 Å². The number of hydrazone groups is 1. The van der Waals surface area contributed by atoms with Gasteiger partial charge in [0.2, 0.25) is 0 Å². The lowest BCUT2D eigenvalue weighted by Gasteiger charge is -2.01. The highest BCUT2D eigenvalue weighted by atomic mass is 32.1. The van der Waals surface area contributed by atoms with E-state index in [9.17, 15) is 4.79 Å². The summed E-state index contributed by atoms with van der Waals surface area (Å²) >= 11 is 1.59. The average Bonchev–Trinajstić information content (AvgIpc) is 2.72. The van der Waals surface area contributed by atoms with Crippen molar-refractivity contribution in [3.63, 3.8) is 0 Å². The average molecular weight is 212 g/mol. The van der Waals surface area contributed by atoms with Gasteiger partial charge in [0, 0.05) is 0 Å². The van der Waals surface area contributed by atoms with Crippen molar-refractivity contribution >= 4 is 23.1 Å². The largest absolute Gasteiger partial charge is 0.452 e. The SMILES string of the molecule is CC/C(=N/NC(=O)OC)c1cccs1. The van der Waals surface area contributed by atoms with Gasteiger partial charge in [-0.05, 0) is 17.9 Å². The van der Waals surface area contributed by atoms with Crippen molar-refractivity contribution < 1.29 is 9.53 Å². The van der Waals surface area contributed by atoms with E-state index in [2.05, 4.69) is 15.3 Å². The minimum absolute atomic E-state index is 0.549. The molecule has 0 bridgehead atoms. The number of ether oxygens (including phenoxy) is 1. The van der Waals surface area contributed by atoms with E-state index in [0.717, 1.165) is 17.0 Å². The number of hydrogen-bond acceptors (Lipinski definition) is 4. The van der Waals surface area contributed by atoms with E-state index in [1.165, 1.54) is 7.11 Å². The normalized spacial score (nSPS) is 11.1. The number of thiophene rings is 1.